The molecule has 3 amide bonds. The van der Waals surface area contributed by atoms with E-state index in [4.69, 9.17) is 0 Å². The number of nitrogens with zero attached hydrogens (tertiary/aromatic N) is 3. The van der Waals surface area contributed by atoms with E-state index in [1.165, 1.54) is 29.2 Å². The lowest BCUT2D eigenvalue weighted by Crippen LogP contribution is -2.52. The third-order valence-electron chi connectivity index (χ3n) is 6.97. The molecule has 3 aromatic rings. The number of nitrogens with one attached hydrogen (secondary N) is 1. The highest BCUT2D eigenvalue weighted by Gasteiger charge is 2.33. The van der Waals surface area contributed by atoms with Crippen LogP contribution in [0.15, 0.2) is 60.7 Å². The van der Waals surface area contributed by atoms with Crippen LogP contribution in [0.5, 0.6) is 5.75 Å². The Balaban J connectivity index is 1.06. The molecule has 2 heterocycles. The summed E-state index contributed by atoms with van der Waals surface area (Å²) in [6.45, 7) is 3.92. The fourth-order valence-corrected chi connectivity index (χ4v) is 4.96. The lowest BCUT2D eigenvalue weighted by atomic mass is 9.94. The zero-order chi connectivity index (χ0) is 27.6. The van der Waals surface area contributed by atoms with E-state index in [-0.39, 0.29) is 43.1 Å². The summed E-state index contributed by atoms with van der Waals surface area (Å²) in [6.07, 6.45) is -4.75. The van der Waals surface area contributed by atoms with Crippen LogP contribution in [-0.4, -0.2) is 84.6 Å². The highest BCUT2D eigenvalue weighted by atomic mass is 19.4. The second-order valence-electron chi connectivity index (χ2n) is 9.56. The zero-order valence-electron chi connectivity index (χ0n) is 21.0. The van der Waals surface area contributed by atoms with E-state index < -0.39 is 6.36 Å². The number of carbonyl (C=O) groups is 3. The summed E-state index contributed by atoms with van der Waals surface area (Å²) >= 11 is 0. The van der Waals surface area contributed by atoms with Gasteiger partial charge in [-0.25, -0.2) is 0 Å². The normalized spacial score (nSPS) is 16.5. The minimum absolute atomic E-state index is 0.184. The van der Waals surface area contributed by atoms with Gasteiger partial charge < -0.3 is 10.1 Å². The van der Waals surface area contributed by atoms with Gasteiger partial charge in [-0.2, -0.15) is 0 Å². The predicted molar refractivity (Wildman–Crippen MR) is 137 cm³/mol. The number of hydrogen-bond acceptors (Lipinski definition) is 6. The molecule has 1 N–H and O–H groups in total. The molecule has 0 atom stereocenters. The van der Waals surface area contributed by atoms with Gasteiger partial charge in [0.15, 0.2) is 0 Å². The van der Waals surface area contributed by atoms with E-state index >= 15 is 0 Å². The average Bonchev–Trinajstić information content (AvgIpc) is 2.91. The summed E-state index contributed by atoms with van der Waals surface area (Å²) in [5.41, 5.74) is 1.75. The molecule has 11 heteroatoms. The fraction of sp³-hybridized carbons (Fsp3) is 0.321. The molecule has 2 aliphatic heterocycles. The summed E-state index contributed by atoms with van der Waals surface area (Å²) in [4.78, 5) is 44.0. The molecule has 1 saturated heterocycles. The van der Waals surface area contributed by atoms with Crippen LogP contribution in [0.3, 0.4) is 0 Å². The first-order valence-corrected chi connectivity index (χ1v) is 12.6. The molecule has 3 aromatic carbocycles. The number of alkyl halides is 3. The number of rotatable bonds is 8. The standard InChI is InChI=1S/C28H27F3N4O4/c29-28(30,31)39-21-9-7-19(8-10-21)17-32-24(36)18-34-13-11-33(12-14-34)15-16-35-26(37)22-5-1-3-20-4-2-6-23(25(20)22)27(35)38/h1-10H,11-18H2,(H,32,36). The van der Waals surface area contributed by atoms with Crippen LogP contribution in [0.1, 0.15) is 26.3 Å². The number of carbonyl (C=O) groups excluding carboxylic acids is 3. The highest BCUT2D eigenvalue weighted by Crippen LogP contribution is 2.30. The van der Waals surface area contributed by atoms with Crippen molar-refractivity contribution in [2.75, 3.05) is 45.8 Å². The molecule has 0 radical (unpaired) electrons. The molecule has 204 valence electrons. The third kappa shape index (κ3) is 6.21. The van der Waals surface area contributed by atoms with Gasteiger partial charge in [-0.05, 0) is 35.2 Å². The van der Waals surface area contributed by atoms with Crippen molar-refractivity contribution in [1.29, 1.82) is 0 Å². The van der Waals surface area contributed by atoms with E-state index in [1.54, 1.807) is 12.1 Å². The molecular weight excluding hydrogens is 513 g/mol. The van der Waals surface area contributed by atoms with Gasteiger partial charge in [-0.3, -0.25) is 29.1 Å². The Labute approximate surface area is 222 Å². The maximum absolute atomic E-state index is 13.1. The molecular formula is C28H27F3N4O4. The monoisotopic (exact) mass is 540 g/mol. The zero-order valence-corrected chi connectivity index (χ0v) is 21.0. The Kier molecular flexibility index (Phi) is 7.53. The molecule has 0 saturated carbocycles. The molecule has 2 aliphatic rings. The summed E-state index contributed by atoms with van der Waals surface area (Å²) in [6, 6.07) is 16.3. The van der Waals surface area contributed by atoms with Crippen LogP contribution in [0.2, 0.25) is 0 Å². The van der Waals surface area contributed by atoms with E-state index in [1.807, 2.05) is 29.2 Å². The lowest BCUT2D eigenvalue weighted by molar-refractivity contribution is -0.274. The number of benzene rings is 3. The largest absolute Gasteiger partial charge is 0.573 e. The predicted octanol–water partition coefficient (Wildman–Crippen LogP) is 3.27. The average molecular weight is 541 g/mol. The van der Waals surface area contributed by atoms with Crippen molar-refractivity contribution >= 4 is 28.5 Å². The van der Waals surface area contributed by atoms with Crippen molar-refractivity contribution in [3.05, 3.63) is 77.4 Å². The van der Waals surface area contributed by atoms with Gasteiger partial charge in [-0.1, -0.05) is 36.4 Å². The van der Waals surface area contributed by atoms with E-state index in [0.717, 1.165) is 5.39 Å². The molecule has 5 rings (SSSR count). The molecule has 39 heavy (non-hydrogen) atoms. The maximum atomic E-state index is 13.1. The maximum Gasteiger partial charge on any atom is 0.573 e. The van der Waals surface area contributed by atoms with Crippen LogP contribution >= 0.6 is 0 Å². The van der Waals surface area contributed by atoms with Crippen molar-refractivity contribution < 1.29 is 32.3 Å². The van der Waals surface area contributed by atoms with Gasteiger partial charge in [0.2, 0.25) is 5.91 Å². The van der Waals surface area contributed by atoms with Gasteiger partial charge >= 0.3 is 6.36 Å². The van der Waals surface area contributed by atoms with E-state index in [0.29, 0.717) is 54.8 Å². The quantitative estimate of drug-likeness (QED) is 0.442. The first kappa shape index (κ1) is 26.6. The van der Waals surface area contributed by atoms with Gasteiger partial charge in [0.25, 0.3) is 11.8 Å². The van der Waals surface area contributed by atoms with Gasteiger partial charge in [-0.15, -0.1) is 13.2 Å². The van der Waals surface area contributed by atoms with Crippen molar-refractivity contribution in [1.82, 2.24) is 20.0 Å². The van der Waals surface area contributed by atoms with Crippen LogP contribution in [0.4, 0.5) is 13.2 Å². The summed E-state index contributed by atoms with van der Waals surface area (Å²) in [5.74, 6) is -1.05. The Morgan fingerprint density at radius 1 is 0.821 bits per heavy atom. The van der Waals surface area contributed by atoms with Gasteiger partial charge in [0, 0.05) is 62.3 Å². The first-order valence-electron chi connectivity index (χ1n) is 12.6. The SMILES string of the molecule is O=C(CN1CCN(CCN2C(=O)c3cccc4cccc(c34)C2=O)CC1)NCc1ccc(OC(F)(F)F)cc1. The molecule has 0 spiro atoms. The van der Waals surface area contributed by atoms with E-state index in [9.17, 15) is 27.6 Å². The summed E-state index contributed by atoms with van der Waals surface area (Å²) in [5, 5.41) is 4.37. The molecule has 0 aliphatic carbocycles. The number of amides is 3. The Bertz CT molecular complexity index is 1340. The van der Waals surface area contributed by atoms with Crippen LogP contribution in [-0.2, 0) is 11.3 Å². The van der Waals surface area contributed by atoms with Crippen LogP contribution < -0.4 is 10.1 Å². The van der Waals surface area contributed by atoms with Crippen molar-refractivity contribution in [3.63, 3.8) is 0 Å². The van der Waals surface area contributed by atoms with Gasteiger partial charge in [0.1, 0.15) is 5.75 Å². The number of piperazine rings is 1. The fourth-order valence-electron chi connectivity index (χ4n) is 4.96. The summed E-state index contributed by atoms with van der Waals surface area (Å²) < 4.78 is 40.7. The highest BCUT2D eigenvalue weighted by molar-refractivity contribution is 6.25. The Hall–Kier alpha value is -3.96. The van der Waals surface area contributed by atoms with E-state index in [2.05, 4.69) is 15.0 Å². The molecule has 0 bridgehead atoms. The number of halogens is 3. The Morgan fingerprint density at radius 3 is 2.00 bits per heavy atom. The number of ether oxygens (including phenoxy) is 1. The molecule has 8 nitrogen and oxygen atoms in total. The van der Waals surface area contributed by atoms with Crippen LogP contribution in [0.25, 0.3) is 10.8 Å². The van der Waals surface area contributed by atoms with Crippen molar-refractivity contribution in [2.24, 2.45) is 0 Å². The Morgan fingerprint density at radius 2 is 1.41 bits per heavy atom. The van der Waals surface area contributed by atoms with Crippen molar-refractivity contribution in [3.8, 4) is 5.75 Å². The smallest absolute Gasteiger partial charge is 0.406 e. The molecule has 1 fully saturated rings. The lowest BCUT2D eigenvalue weighted by Gasteiger charge is -2.35. The first-order chi connectivity index (χ1) is 18.7. The molecule has 0 unspecified atom stereocenters. The second-order valence-corrected chi connectivity index (χ2v) is 9.56. The topological polar surface area (TPSA) is 82.2 Å². The van der Waals surface area contributed by atoms with Crippen LogP contribution in [0, 0.1) is 0 Å². The molecule has 0 aromatic heterocycles. The third-order valence-corrected chi connectivity index (χ3v) is 6.97. The number of hydrogen-bond donors (Lipinski definition) is 1. The van der Waals surface area contributed by atoms with Gasteiger partial charge in [0.05, 0.1) is 6.54 Å². The second kappa shape index (κ2) is 11.0. The summed E-state index contributed by atoms with van der Waals surface area (Å²) in [7, 11) is 0. The minimum atomic E-state index is -4.75. The van der Waals surface area contributed by atoms with Crippen molar-refractivity contribution in [2.45, 2.75) is 12.9 Å². The minimum Gasteiger partial charge on any atom is -0.406 e. The number of imide groups is 1.